The minimum Gasteiger partial charge on any atom is -0.497 e. The summed E-state index contributed by atoms with van der Waals surface area (Å²) < 4.78 is 15.7. The monoisotopic (exact) mass is 460 g/mol. The van der Waals surface area contributed by atoms with Gasteiger partial charge in [-0.25, -0.2) is 4.79 Å². The van der Waals surface area contributed by atoms with Gasteiger partial charge in [0.15, 0.2) is 0 Å². The second-order valence-electron chi connectivity index (χ2n) is 8.13. The van der Waals surface area contributed by atoms with E-state index in [2.05, 4.69) is 10.6 Å². The van der Waals surface area contributed by atoms with Gasteiger partial charge < -0.3 is 24.8 Å². The standard InChI is InChI=1S/C24H32N2O5S/c1-24(2,3)31-23(28)26-21(16-32-15-18-8-12-20(30-5)13-9-18)22(27)25-14-17-6-10-19(29-4)11-7-17/h6-13,21H,14-16H2,1-5H3,(H,25,27)(H,26,28). The van der Waals surface area contributed by atoms with E-state index in [1.807, 2.05) is 48.5 Å². The van der Waals surface area contributed by atoms with Crippen LogP contribution in [0.2, 0.25) is 0 Å². The van der Waals surface area contributed by atoms with Crippen molar-refractivity contribution in [3.8, 4) is 11.5 Å². The predicted molar refractivity (Wildman–Crippen MR) is 127 cm³/mol. The van der Waals surface area contributed by atoms with E-state index in [9.17, 15) is 9.59 Å². The number of benzene rings is 2. The lowest BCUT2D eigenvalue weighted by Gasteiger charge is -2.23. The van der Waals surface area contributed by atoms with Crippen LogP contribution in [0, 0.1) is 0 Å². The third-order valence-electron chi connectivity index (χ3n) is 4.35. The Balaban J connectivity index is 1.96. The smallest absolute Gasteiger partial charge is 0.408 e. The van der Waals surface area contributed by atoms with Crippen LogP contribution in [0.25, 0.3) is 0 Å². The highest BCUT2D eigenvalue weighted by Gasteiger charge is 2.24. The highest BCUT2D eigenvalue weighted by atomic mass is 32.2. The molecule has 0 saturated heterocycles. The first-order chi connectivity index (χ1) is 15.2. The van der Waals surface area contributed by atoms with Crippen LogP contribution in [0.15, 0.2) is 48.5 Å². The summed E-state index contributed by atoms with van der Waals surface area (Å²) in [4.78, 5) is 25.1. The van der Waals surface area contributed by atoms with Crippen LogP contribution in [-0.2, 0) is 21.8 Å². The van der Waals surface area contributed by atoms with Crippen LogP contribution in [0.1, 0.15) is 31.9 Å². The van der Waals surface area contributed by atoms with E-state index in [4.69, 9.17) is 14.2 Å². The summed E-state index contributed by atoms with van der Waals surface area (Å²) in [5.74, 6) is 2.37. The molecule has 2 aromatic carbocycles. The van der Waals surface area contributed by atoms with Gasteiger partial charge in [-0.15, -0.1) is 0 Å². The molecule has 2 rings (SSSR count). The highest BCUT2D eigenvalue weighted by Crippen LogP contribution is 2.18. The first-order valence-electron chi connectivity index (χ1n) is 10.3. The number of ether oxygens (including phenoxy) is 3. The Labute approximate surface area is 194 Å². The molecule has 0 radical (unpaired) electrons. The summed E-state index contributed by atoms with van der Waals surface area (Å²) in [7, 11) is 3.23. The van der Waals surface area contributed by atoms with Gasteiger partial charge in [-0.05, 0) is 56.2 Å². The van der Waals surface area contributed by atoms with E-state index in [1.165, 1.54) is 0 Å². The molecule has 0 saturated carbocycles. The fourth-order valence-corrected chi connectivity index (χ4v) is 3.72. The topological polar surface area (TPSA) is 85.9 Å². The van der Waals surface area contributed by atoms with Crippen molar-refractivity contribution in [2.75, 3.05) is 20.0 Å². The maximum Gasteiger partial charge on any atom is 0.408 e. The number of carbonyl (C=O) groups excluding carboxylic acids is 2. The molecule has 8 heteroatoms. The maximum atomic E-state index is 12.8. The number of rotatable bonds is 10. The second-order valence-corrected chi connectivity index (χ2v) is 9.16. The fourth-order valence-electron chi connectivity index (χ4n) is 2.70. The van der Waals surface area contributed by atoms with E-state index in [1.54, 1.807) is 46.8 Å². The van der Waals surface area contributed by atoms with E-state index < -0.39 is 17.7 Å². The normalized spacial score (nSPS) is 11.9. The van der Waals surface area contributed by atoms with Crippen molar-refractivity contribution >= 4 is 23.8 Å². The van der Waals surface area contributed by atoms with Gasteiger partial charge in [0.05, 0.1) is 14.2 Å². The summed E-state index contributed by atoms with van der Waals surface area (Å²) >= 11 is 1.55. The molecule has 2 N–H and O–H groups in total. The first kappa shape index (κ1) is 25.4. The molecule has 0 bridgehead atoms. The molecule has 0 spiro atoms. The molecule has 2 amide bonds. The Bertz CT molecular complexity index is 863. The lowest BCUT2D eigenvalue weighted by molar-refractivity contribution is -0.122. The second kappa shape index (κ2) is 12.2. The lowest BCUT2D eigenvalue weighted by Crippen LogP contribution is -2.49. The van der Waals surface area contributed by atoms with Crippen LogP contribution in [0.3, 0.4) is 0 Å². The summed E-state index contributed by atoms with van der Waals surface area (Å²) in [6, 6.07) is 14.5. The zero-order chi connectivity index (χ0) is 23.6. The molecule has 0 aliphatic rings. The summed E-state index contributed by atoms with van der Waals surface area (Å²) in [5.41, 5.74) is 1.39. The largest absolute Gasteiger partial charge is 0.497 e. The molecule has 1 unspecified atom stereocenters. The molecule has 1 atom stereocenters. The van der Waals surface area contributed by atoms with Crippen molar-refractivity contribution in [1.82, 2.24) is 10.6 Å². The number of hydrogen-bond donors (Lipinski definition) is 2. The van der Waals surface area contributed by atoms with Crippen molar-refractivity contribution in [3.63, 3.8) is 0 Å². The Morgan fingerprint density at radius 2 is 1.44 bits per heavy atom. The molecule has 0 aromatic heterocycles. The van der Waals surface area contributed by atoms with Crippen molar-refractivity contribution < 1.29 is 23.8 Å². The van der Waals surface area contributed by atoms with E-state index in [0.717, 1.165) is 22.6 Å². The fraction of sp³-hybridized carbons (Fsp3) is 0.417. The minimum absolute atomic E-state index is 0.270. The van der Waals surface area contributed by atoms with Gasteiger partial charge in [-0.2, -0.15) is 11.8 Å². The molecule has 7 nitrogen and oxygen atoms in total. The number of hydrogen-bond acceptors (Lipinski definition) is 6. The van der Waals surface area contributed by atoms with Gasteiger partial charge >= 0.3 is 6.09 Å². The lowest BCUT2D eigenvalue weighted by atomic mass is 10.2. The molecule has 32 heavy (non-hydrogen) atoms. The third kappa shape index (κ3) is 9.09. The van der Waals surface area contributed by atoms with Crippen molar-refractivity contribution in [2.45, 2.75) is 44.7 Å². The first-order valence-corrected chi connectivity index (χ1v) is 11.5. The number of nitrogens with one attached hydrogen (secondary N) is 2. The van der Waals surface area contributed by atoms with Gasteiger partial charge in [-0.1, -0.05) is 24.3 Å². The Morgan fingerprint density at radius 3 is 1.94 bits per heavy atom. The zero-order valence-electron chi connectivity index (χ0n) is 19.3. The van der Waals surface area contributed by atoms with Gasteiger partial charge in [0, 0.05) is 18.1 Å². The molecule has 0 aliphatic heterocycles. The van der Waals surface area contributed by atoms with Crippen LogP contribution < -0.4 is 20.1 Å². The average molecular weight is 461 g/mol. The van der Waals surface area contributed by atoms with E-state index in [0.29, 0.717) is 18.1 Å². The quantitative estimate of drug-likeness (QED) is 0.554. The number of alkyl carbamates (subject to hydrolysis) is 1. The van der Waals surface area contributed by atoms with Crippen molar-refractivity contribution in [3.05, 3.63) is 59.7 Å². The molecule has 0 aliphatic carbocycles. The Morgan fingerprint density at radius 1 is 0.906 bits per heavy atom. The Kier molecular flexibility index (Phi) is 9.71. The molecule has 0 fully saturated rings. The molecule has 174 valence electrons. The Hall–Kier alpha value is -2.87. The van der Waals surface area contributed by atoms with Crippen molar-refractivity contribution in [1.29, 1.82) is 0 Å². The summed E-state index contributed by atoms with van der Waals surface area (Å²) in [5, 5.41) is 5.59. The van der Waals surface area contributed by atoms with Crippen LogP contribution >= 0.6 is 11.8 Å². The zero-order valence-corrected chi connectivity index (χ0v) is 20.1. The summed E-state index contributed by atoms with van der Waals surface area (Å²) in [6.07, 6.45) is -0.618. The molecular formula is C24H32N2O5S. The minimum atomic E-state index is -0.730. The molecule has 2 aromatic rings. The number of amides is 2. The van der Waals surface area contributed by atoms with Crippen LogP contribution in [-0.4, -0.2) is 43.6 Å². The van der Waals surface area contributed by atoms with Gasteiger partial charge in [0.25, 0.3) is 0 Å². The predicted octanol–water partition coefficient (Wildman–Crippen LogP) is 4.15. The molecular weight excluding hydrogens is 428 g/mol. The van der Waals surface area contributed by atoms with Gasteiger partial charge in [-0.3, -0.25) is 4.79 Å². The maximum absolute atomic E-state index is 12.8. The van der Waals surface area contributed by atoms with Crippen molar-refractivity contribution in [2.24, 2.45) is 0 Å². The number of carbonyl (C=O) groups is 2. The van der Waals surface area contributed by atoms with Gasteiger partial charge in [0.1, 0.15) is 23.1 Å². The SMILES string of the molecule is COc1ccc(CNC(=O)C(CSCc2ccc(OC)cc2)NC(=O)OC(C)(C)C)cc1. The number of thioether (sulfide) groups is 1. The number of methoxy groups -OCH3 is 2. The van der Waals surface area contributed by atoms with Crippen LogP contribution in [0.5, 0.6) is 11.5 Å². The average Bonchev–Trinajstić information content (AvgIpc) is 2.76. The molecule has 0 heterocycles. The summed E-state index contributed by atoms with van der Waals surface area (Å²) in [6.45, 7) is 5.69. The van der Waals surface area contributed by atoms with Crippen LogP contribution in [0.4, 0.5) is 4.79 Å². The highest BCUT2D eigenvalue weighted by molar-refractivity contribution is 7.98. The van der Waals surface area contributed by atoms with E-state index in [-0.39, 0.29) is 5.91 Å². The van der Waals surface area contributed by atoms with Gasteiger partial charge in [0.2, 0.25) is 5.91 Å². The van der Waals surface area contributed by atoms with E-state index >= 15 is 0 Å². The third-order valence-corrected chi connectivity index (χ3v) is 5.45.